The lowest BCUT2D eigenvalue weighted by molar-refractivity contribution is -0.142. The van der Waals surface area contributed by atoms with Gasteiger partial charge in [-0.05, 0) is 5.56 Å². The quantitative estimate of drug-likeness (QED) is 0.813. The number of carbonyl (C=O) groups excluding carboxylic acids is 3. The minimum Gasteiger partial charge on any atom is -0.445 e. The molecule has 0 atom stereocenters. The lowest BCUT2D eigenvalue weighted by Crippen LogP contribution is -2.54. The van der Waals surface area contributed by atoms with Gasteiger partial charge in [0.25, 0.3) is 0 Å². The van der Waals surface area contributed by atoms with Gasteiger partial charge in [0.05, 0.1) is 6.54 Å². The maximum atomic E-state index is 12.0. The van der Waals surface area contributed by atoms with Crippen LogP contribution in [0.2, 0.25) is 0 Å². The molecule has 0 aromatic heterocycles. The highest BCUT2D eigenvalue weighted by Crippen LogP contribution is 2.08. The number of rotatable bonds is 4. The van der Waals surface area contributed by atoms with E-state index in [1.165, 1.54) is 14.7 Å². The molecule has 0 unspecified atom stereocenters. The van der Waals surface area contributed by atoms with Gasteiger partial charge in [0.1, 0.15) is 13.2 Å². The fourth-order valence-electron chi connectivity index (χ4n) is 2.15. The Morgan fingerprint density at radius 3 is 2.48 bits per heavy atom. The van der Waals surface area contributed by atoms with E-state index in [1.807, 2.05) is 30.3 Å². The third-order valence-electron chi connectivity index (χ3n) is 3.61. The average molecular weight is 319 g/mol. The number of likely N-dealkylation sites (N-methyl/N-ethyl adjacent to an activating group) is 1. The van der Waals surface area contributed by atoms with Crippen LogP contribution in [0.15, 0.2) is 30.3 Å². The zero-order chi connectivity index (χ0) is 16.8. The van der Waals surface area contributed by atoms with Gasteiger partial charge >= 0.3 is 6.09 Å². The largest absolute Gasteiger partial charge is 0.445 e. The molecule has 2 rings (SSSR count). The molecule has 3 amide bonds. The molecular weight excluding hydrogens is 298 g/mol. The molecule has 0 N–H and O–H groups in total. The first kappa shape index (κ1) is 16.8. The van der Waals surface area contributed by atoms with E-state index in [9.17, 15) is 14.4 Å². The number of piperazine rings is 1. The minimum absolute atomic E-state index is 0.0404. The fraction of sp³-hybridized carbons (Fsp3) is 0.438. The molecule has 1 aliphatic heterocycles. The standard InChI is InChI=1S/C16H21N3O4/c1-17(2)14(20)10-18-8-9-19(11-15(18)21)16(22)23-12-13-6-4-3-5-7-13/h3-7H,8-12H2,1-2H3. The molecule has 23 heavy (non-hydrogen) atoms. The summed E-state index contributed by atoms with van der Waals surface area (Å²) in [4.78, 5) is 40.0. The Kier molecular flexibility index (Phi) is 5.56. The second-order valence-electron chi connectivity index (χ2n) is 5.57. The van der Waals surface area contributed by atoms with Crippen LogP contribution in [0.4, 0.5) is 4.79 Å². The van der Waals surface area contributed by atoms with Crippen LogP contribution in [0.3, 0.4) is 0 Å². The van der Waals surface area contributed by atoms with Crippen molar-refractivity contribution in [3.8, 4) is 0 Å². The molecule has 1 aliphatic rings. The number of benzene rings is 1. The van der Waals surface area contributed by atoms with E-state index in [2.05, 4.69) is 0 Å². The van der Waals surface area contributed by atoms with Gasteiger partial charge in [-0.25, -0.2) is 4.79 Å². The third kappa shape index (κ3) is 4.70. The fourth-order valence-corrected chi connectivity index (χ4v) is 2.15. The van der Waals surface area contributed by atoms with E-state index < -0.39 is 6.09 Å². The van der Waals surface area contributed by atoms with Crippen LogP contribution in [0, 0.1) is 0 Å². The number of amides is 3. The molecule has 1 fully saturated rings. The van der Waals surface area contributed by atoms with Crippen LogP contribution in [0.5, 0.6) is 0 Å². The van der Waals surface area contributed by atoms with Gasteiger partial charge in [0.15, 0.2) is 0 Å². The number of ether oxygens (including phenoxy) is 1. The summed E-state index contributed by atoms with van der Waals surface area (Å²) >= 11 is 0. The number of hydrogen-bond donors (Lipinski definition) is 0. The van der Waals surface area contributed by atoms with Crippen molar-refractivity contribution in [2.75, 3.05) is 40.3 Å². The third-order valence-corrected chi connectivity index (χ3v) is 3.61. The van der Waals surface area contributed by atoms with Crippen LogP contribution in [0.25, 0.3) is 0 Å². The van der Waals surface area contributed by atoms with Crippen LogP contribution in [0.1, 0.15) is 5.56 Å². The maximum Gasteiger partial charge on any atom is 0.410 e. The van der Waals surface area contributed by atoms with Crippen molar-refractivity contribution in [3.63, 3.8) is 0 Å². The topological polar surface area (TPSA) is 70.2 Å². The Balaban J connectivity index is 1.81. The zero-order valence-corrected chi connectivity index (χ0v) is 13.4. The first-order valence-corrected chi connectivity index (χ1v) is 7.41. The van der Waals surface area contributed by atoms with Crippen LogP contribution >= 0.6 is 0 Å². The molecule has 0 radical (unpaired) electrons. The predicted octanol–water partition coefficient (Wildman–Crippen LogP) is 0.556. The van der Waals surface area contributed by atoms with E-state index in [0.717, 1.165) is 5.56 Å². The van der Waals surface area contributed by atoms with E-state index in [-0.39, 0.29) is 31.5 Å². The molecule has 1 aromatic carbocycles. The summed E-state index contributed by atoms with van der Waals surface area (Å²) < 4.78 is 5.21. The summed E-state index contributed by atoms with van der Waals surface area (Å²) in [5, 5.41) is 0. The predicted molar refractivity (Wildman–Crippen MR) is 83.5 cm³/mol. The lowest BCUT2D eigenvalue weighted by atomic mass is 10.2. The maximum absolute atomic E-state index is 12.0. The Bertz CT molecular complexity index is 574. The Labute approximate surface area is 135 Å². The van der Waals surface area contributed by atoms with Crippen molar-refractivity contribution in [2.45, 2.75) is 6.61 Å². The monoisotopic (exact) mass is 319 g/mol. The summed E-state index contributed by atoms with van der Waals surface area (Å²) in [7, 11) is 3.29. The van der Waals surface area contributed by atoms with Gasteiger partial charge in [-0.1, -0.05) is 30.3 Å². The summed E-state index contributed by atoms with van der Waals surface area (Å²) in [5.74, 6) is -0.387. The van der Waals surface area contributed by atoms with Crippen molar-refractivity contribution < 1.29 is 19.1 Å². The normalized spacial score (nSPS) is 14.6. The second kappa shape index (κ2) is 7.62. The molecule has 1 aromatic rings. The molecule has 124 valence electrons. The smallest absolute Gasteiger partial charge is 0.410 e. The number of carbonyl (C=O) groups is 3. The van der Waals surface area contributed by atoms with Crippen molar-refractivity contribution in [2.24, 2.45) is 0 Å². The van der Waals surface area contributed by atoms with E-state index >= 15 is 0 Å². The number of nitrogens with zero attached hydrogens (tertiary/aromatic N) is 3. The van der Waals surface area contributed by atoms with Crippen LogP contribution < -0.4 is 0 Å². The highest BCUT2D eigenvalue weighted by molar-refractivity contribution is 5.88. The summed E-state index contributed by atoms with van der Waals surface area (Å²) in [6.07, 6.45) is -0.513. The first-order valence-electron chi connectivity index (χ1n) is 7.41. The zero-order valence-electron chi connectivity index (χ0n) is 13.4. The molecule has 1 saturated heterocycles. The molecular formula is C16H21N3O4. The van der Waals surface area contributed by atoms with Crippen molar-refractivity contribution in [1.29, 1.82) is 0 Å². The van der Waals surface area contributed by atoms with Gasteiger partial charge < -0.3 is 14.5 Å². The molecule has 7 nitrogen and oxygen atoms in total. The Hall–Kier alpha value is -2.57. The lowest BCUT2D eigenvalue weighted by Gasteiger charge is -2.33. The summed E-state index contributed by atoms with van der Waals surface area (Å²) in [6, 6.07) is 9.35. The van der Waals surface area contributed by atoms with Crippen molar-refractivity contribution >= 4 is 17.9 Å². The number of hydrogen-bond acceptors (Lipinski definition) is 4. The van der Waals surface area contributed by atoms with Gasteiger partial charge in [0, 0.05) is 27.2 Å². The summed E-state index contributed by atoms with van der Waals surface area (Å²) in [6.45, 7) is 0.846. The average Bonchev–Trinajstić information content (AvgIpc) is 2.55. The molecule has 0 aliphatic carbocycles. The van der Waals surface area contributed by atoms with E-state index in [0.29, 0.717) is 13.1 Å². The van der Waals surface area contributed by atoms with Gasteiger partial charge in [0.2, 0.25) is 11.8 Å². The SMILES string of the molecule is CN(C)C(=O)CN1CCN(C(=O)OCc2ccccc2)CC1=O. The molecule has 0 spiro atoms. The Morgan fingerprint density at radius 2 is 1.87 bits per heavy atom. The van der Waals surface area contributed by atoms with E-state index in [1.54, 1.807) is 14.1 Å². The summed E-state index contributed by atoms with van der Waals surface area (Å²) in [5.41, 5.74) is 0.891. The molecule has 0 bridgehead atoms. The van der Waals surface area contributed by atoms with Gasteiger partial charge in [-0.15, -0.1) is 0 Å². The minimum atomic E-state index is -0.513. The second-order valence-corrected chi connectivity index (χ2v) is 5.57. The Morgan fingerprint density at radius 1 is 1.17 bits per heavy atom. The van der Waals surface area contributed by atoms with Crippen LogP contribution in [-0.2, 0) is 20.9 Å². The highest BCUT2D eigenvalue weighted by Gasteiger charge is 2.29. The van der Waals surface area contributed by atoms with Gasteiger partial charge in [-0.2, -0.15) is 0 Å². The highest BCUT2D eigenvalue weighted by atomic mass is 16.6. The van der Waals surface area contributed by atoms with E-state index in [4.69, 9.17) is 4.74 Å². The van der Waals surface area contributed by atoms with Crippen LogP contribution in [-0.4, -0.2) is 72.9 Å². The molecule has 7 heteroatoms. The molecule has 1 heterocycles. The first-order chi connectivity index (χ1) is 11.0. The van der Waals surface area contributed by atoms with Crippen molar-refractivity contribution in [3.05, 3.63) is 35.9 Å². The van der Waals surface area contributed by atoms with Crippen molar-refractivity contribution in [1.82, 2.24) is 14.7 Å². The molecule has 0 saturated carbocycles. The van der Waals surface area contributed by atoms with Gasteiger partial charge in [-0.3, -0.25) is 14.5 Å².